The molecule has 1 aliphatic rings. The summed E-state index contributed by atoms with van der Waals surface area (Å²) in [5, 5.41) is 3.64. The number of nitrogens with one attached hydrogen (secondary N) is 1. The predicted molar refractivity (Wildman–Crippen MR) is 49.0 cm³/mol. The molecule has 0 radical (unpaired) electrons. The third-order valence-corrected chi connectivity index (χ3v) is 2.62. The van der Waals surface area contributed by atoms with Gasteiger partial charge in [-0.2, -0.15) is 0 Å². The van der Waals surface area contributed by atoms with Crippen molar-refractivity contribution in [2.75, 3.05) is 5.33 Å². The van der Waals surface area contributed by atoms with Crippen molar-refractivity contribution in [3.8, 4) is 0 Å². The Kier molecular flexibility index (Phi) is 3.19. The molecule has 1 aliphatic carbocycles. The Morgan fingerprint density at radius 1 is 1.64 bits per heavy atom. The van der Waals surface area contributed by atoms with Gasteiger partial charge in [0.15, 0.2) is 0 Å². The second-order valence-electron chi connectivity index (χ2n) is 2.81. The van der Waals surface area contributed by atoms with Crippen LogP contribution in [0.3, 0.4) is 0 Å². The van der Waals surface area contributed by atoms with E-state index in [1.807, 2.05) is 0 Å². The van der Waals surface area contributed by atoms with Gasteiger partial charge < -0.3 is 5.32 Å². The first-order valence-electron chi connectivity index (χ1n) is 3.72. The highest BCUT2D eigenvalue weighted by atomic mass is 79.9. The molecule has 1 fully saturated rings. The van der Waals surface area contributed by atoms with E-state index in [0.29, 0.717) is 6.42 Å². The van der Waals surface area contributed by atoms with Crippen LogP contribution >= 0.6 is 27.5 Å². The van der Waals surface area contributed by atoms with Gasteiger partial charge in [-0.3, -0.25) is 4.79 Å². The van der Waals surface area contributed by atoms with Gasteiger partial charge >= 0.3 is 0 Å². The lowest BCUT2D eigenvalue weighted by Gasteiger charge is -2.07. The first-order valence-corrected chi connectivity index (χ1v) is 5.22. The summed E-state index contributed by atoms with van der Waals surface area (Å²) in [6.45, 7) is 0. The molecule has 1 rings (SSSR count). The maximum absolute atomic E-state index is 11.0. The zero-order valence-electron chi connectivity index (χ0n) is 6.20. The van der Waals surface area contributed by atoms with Crippen molar-refractivity contribution in [2.45, 2.75) is 30.7 Å². The van der Waals surface area contributed by atoms with E-state index in [4.69, 9.17) is 11.6 Å². The van der Waals surface area contributed by atoms with Crippen LogP contribution in [-0.4, -0.2) is 16.2 Å². The fraction of sp³-hybridized carbons (Fsp3) is 0.857. The third kappa shape index (κ3) is 3.43. The van der Waals surface area contributed by atoms with Crippen molar-refractivity contribution in [2.24, 2.45) is 0 Å². The highest BCUT2D eigenvalue weighted by Crippen LogP contribution is 2.39. The lowest BCUT2D eigenvalue weighted by molar-refractivity contribution is -0.121. The molecular weight excluding hydrogens is 229 g/mol. The highest BCUT2D eigenvalue weighted by Gasteiger charge is 2.41. The van der Waals surface area contributed by atoms with Gasteiger partial charge in [-0.05, 0) is 19.3 Å². The molecule has 1 amide bonds. The summed E-state index contributed by atoms with van der Waals surface area (Å²) in [7, 11) is 0. The molecular formula is C7H11BrClNO. The average molecular weight is 241 g/mol. The van der Waals surface area contributed by atoms with E-state index in [9.17, 15) is 4.79 Å². The molecule has 0 bridgehead atoms. The van der Waals surface area contributed by atoms with Crippen LogP contribution in [0.25, 0.3) is 0 Å². The summed E-state index contributed by atoms with van der Waals surface area (Å²) in [6, 6.07) is 0. The summed E-state index contributed by atoms with van der Waals surface area (Å²) < 4.78 is 0. The standard InChI is InChI=1S/C7H11BrClNO/c8-5-1-2-6(11)10-7(9)3-4-7/h1-5H2,(H,10,11). The summed E-state index contributed by atoms with van der Waals surface area (Å²) in [6.07, 6.45) is 3.27. The number of carbonyl (C=O) groups is 1. The molecule has 0 atom stereocenters. The molecule has 11 heavy (non-hydrogen) atoms. The fourth-order valence-electron chi connectivity index (χ4n) is 0.774. The van der Waals surface area contributed by atoms with Crippen molar-refractivity contribution < 1.29 is 4.79 Å². The molecule has 0 heterocycles. The second-order valence-corrected chi connectivity index (χ2v) is 4.32. The van der Waals surface area contributed by atoms with Crippen LogP contribution in [0.15, 0.2) is 0 Å². The summed E-state index contributed by atoms with van der Waals surface area (Å²) in [4.78, 5) is 10.7. The topological polar surface area (TPSA) is 29.1 Å². The molecule has 64 valence electrons. The van der Waals surface area contributed by atoms with Crippen molar-refractivity contribution in [3.63, 3.8) is 0 Å². The molecule has 0 spiro atoms. The monoisotopic (exact) mass is 239 g/mol. The average Bonchev–Trinajstić information content (AvgIpc) is 2.63. The third-order valence-electron chi connectivity index (χ3n) is 1.59. The van der Waals surface area contributed by atoms with E-state index in [0.717, 1.165) is 24.6 Å². The summed E-state index contributed by atoms with van der Waals surface area (Å²) >= 11 is 9.13. The fourth-order valence-corrected chi connectivity index (χ4v) is 1.25. The minimum absolute atomic E-state index is 0.0666. The van der Waals surface area contributed by atoms with Gasteiger partial charge in [-0.1, -0.05) is 27.5 Å². The maximum atomic E-state index is 11.0. The Labute approximate surface area is 79.8 Å². The molecule has 0 aromatic heterocycles. The van der Waals surface area contributed by atoms with Gasteiger partial charge in [0.05, 0.1) is 0 Å². The SMILES string of the molecule is O=C(CCCBr)NC1(Cl)CC1. The van der Waals surface area contributed by atoms with E-state index in [1.54, 1.807) is 0 Å². The molecule has 0 unspecified atom stereocenters. The highest BCUT2D eigenvalue weighted by molar-refractivity contribution is 9.09. The van der Waals surface area contributed by atoms with Crippen LogP contribution in [0.4, 0.5) is 0 Å². The summed E-state index contributed by atoms with van der Waals surface area (Å²) in [5.41, 5.74) is 0. The number of halogens is 2. The molecule has 0 aromatic rings. The lowest BCUT2D eigenvalue weighted by Crippen LogP contribution is -2.32. The Morgan fingerprint density at radius 2 is 2.27 bits per heavy atom. The molecule has 0 aliphatic heterocycles. The van der Waals surface area contributed by atoms with Crippen molar-refractivity contribution in [3.05, 3.63) is 0 Å². The van der Waals surface area contributed by atoms with E-state index in [2.05, 4.69) is 21.2 Å². The smallest absolute Gasteiger partial charge is 0.221 e. The Morgan fingerprint density at radius 3 is 2.73 bits per heavy atom. The summed E-state index contributed by atoms with van der Waals surface area (Å²) in [5.74, 6) is 0.0666. The van der Waals surface area contributed by atoms with Crippen LogP contribution in [0, 0.1) is 0 Å². The number of carbonyl (C=O) groups excluding carboxylic acids is 1. The number of rotatable bonds is 4. The van der Waals surface area contributed by atoms with Gasteiger partial charge in [0.1, 0.15) is 5.00 Å². The van der Waals surface area contributed by atoms with E-state index < -0.39 is 0 Å². The number of alkyl halides is 2. The van der Waals surface area contributed by atoms with E-state index in [-0.39, 0.29) is 10.9 Å². The lowest BCUT2D eigenvalue weighted by atomic mass is 10.3. The Hall–Kier alpha value is 0.240. The first-order chi connectivity index (χ1) is 5.16. The van der Waals surface area contributed by atoms with E-state index in [1.165, 1.54) is 0 Å². The molecule has 0 saturated heterocycles. The van der Waals surface area contributed by atoms with Gasteiger partial charge in [-0.15, -0.1) is 0 Å². The minimum Gasteiger partial charge on any atom is -0.337 e. The molecule has 4 heteroatoms. The van der Waals surface area contributed by atoms with Gasteiger partial charge in [-0.25, -0.2) is 0 Å². The zero-order valence-corrected chi connectivity index (χ0v) is 8.54. The quantitative estimate of drug-likeness (QED) is 0.591. The number of hydrogen-bond acceptors (Lipinski definition) is 1. The predicted octanol–water partition coefficient (Wildman–Crippen LogP) is 2.01. The number of amides is 1. The molecule has 1 N–H and O–H groups in total. The van der Waals surface area contributed by atoms with Crippen molar-refractivity contribution in [1.82, 2.24) is 5.32 Å². The Bertz CT molecular complexity index is 159. The zero-order chi connectivity index (χ0) is 8.32. The number of hydrogen-bond donors (Lipinski definition) is 1. The van der Waals surface area contributed by atoms with Crippen LogP contribution < -0.4 is 5.32 Å². The first kappa shape index (κ1) is 9.33. The van der Waals surface area contributed by atoms with Crippen LogP contribution in [0.5, 0.6) is 0 Å². The largest absolute Gasteiger partial charge is 0.337 e. The van der Waals surface area contributed by atoms with Crippen molar-refractivity contribution in [1.29, 1.82) is 0 Å². The van der Waals surface area contributed by atoms with Gasteiger partial charge in [0.25, 0.3) is 0 Å². The van der Waals surface area contributed by atoms with E-state index >= 15 is 0 Å². The molecule has 2 nitrogen and oxygen atoms in total. The van der Waals surface area contributed by atoms with Crippen LogP contribution in [0.1, 0.15) is 25.7 Å². The molecule has 0 aromatic carbocycles. The van der Waals surface area contributed by atoms with Gasteiger partial charge in [0, 0.05) is 11.8 Å². The van der Waals surface area contributed by atoms with Gasteiger partial charge in [0.2, 0.25) is 5.91 Å². The normalized spacial score (nSPS) is 19.5. The Balaban J connectivity index is 2.11. The minimum atomic E-state index is -0.372. The van der Waals surface area contributed by atoms with Crippen LogP contribution in [0.2, 0.25) is 0 Å². The van der Waals surface area contributed by atoms with Crippen LogP contribution in [-0.2, 0) is 4.79 Å². The van der Waals surface area contributed by atoms with Crippen molar-refractivity contribution >= 4 is 33.4 Å². The molecule has 1 saturated carbocycles. The second kappa shape index (κ2) is 3.76. The maximum Gasteiger partial charge on any atom is 0.221 e.